The molecule has 4 heterocycles. The van der Waals surface area contributed by atoms with Gasteiger partial charge in [-0.2, -0.15) is 18.3 Å². The average Bonchev–Trinajstić information content (AvgIpc) is 3.38. The first kappa shape index (κ1) is 20.3. The molecule has 0 aliphatic carbocycles. The summed E-state index contributed by atoms with van der Waals surface area (Å²) in [6, 6.07) is 2.16. The van der Waals surface area contributed by atoms with E-state index in [4.69, 9.17) is 0 Å². The van der Waals surface area contributed by atoms with E-state index in [9.17, 15) is 18.0 Å². The third-order valence-corrected chi connectivity index (χ3v) is 5.33. The van der Waals surface area contributed by atoms with Gasteiger partial charge in [-0.05, 0) is 31.7 Å². The van der Waals surface area contributed by atoms with Gasteiger partial charge in [0.1, 0.15) is 17.1 Å². The molecule has 4 rings (SSSR count). The van der Waals surface area contributed by atoms with Crippen LogP contribution in [0.1, 0.15) is 67.1 Å². The molecule has 0 radical (unpaired) electrons. The topological polar surface area (TPSA) is 89.4 Å². The minimum atomic E-state index is -4.57. The zero-order chi connectivity index (χ0) is 21.6. The third kappa shape index (κ3) is 3.63. The first-order valence-corrected chi connectivity index (χ1v) is 9.70. The lowest BCUT2D eigenvalue weighted by Crippen LogP contribution is -2.32. The Morgan fingerprint density at radius 2 is 2.07 bits per heavy atom. The van der Waals surface area contributed by atoms with Crippen LogP contribution in [0.25, 0.3) is 5.65 Å². The molecule has 8 nitrogen and oxygen atoms in total. The van der Waals surface area contributed by atoms with Gasteiger partial charge >= 0.3 is 6.18 Å². The minimum Gasteiger partial charge on any atom is -0.334 e. The Kier molecular flexibility index (Phi) is 4.99. The number of aryl methyl sites for hydroxylation is 1. The number of amides is 1. The number of carbonyl (C=O) groups is 1. The first-order valence-electron chi connectivity index (χ1n) is 9.70. The summed E-state index contributed by atoms with van der Waals surface area (Å²) in [6.07, 6.45) is -3.21. The van der Waals surface area contributed by atoms with Gasteiger partial charge in [-0.3, -0.25) is 4.79 Å². The molecule has 0 aromatic carbocycles. The van der Waals surface area contributed by atoms with E-state index >= 15 is 0 Å². The number of halogens is 3. The number of aromatic nitrogens is 5. The molecular weight excluding hydrogens is 401 g/mol. The molecule has 1 amide bonds. The van der Waals surface area contributed by atoms with Crippen molar-refractivity contribution in [3.63, 3.8) is 0 Å². The van der Waals surface area contributed by atoms with E-state index in [1.807, 2.05) is 0 Å². The summed E-state index contributed by atoms with van der Waals surface area (Å²) in [7, 11) is 0. The lowest BCUT2D eigenvalue weighted by Gasteiger charge is -2.23. The van der Waals surface area contributed by atoms with Crippen molar-refractivity contribution >= 4 is 11.6 Å². The number of fused-ring (bicyclic) bond motifs is 1. The van der Waals surface area contributed by atoms with Crippen LogP contribution in [0.4, 0.5) is 13.2 Å². The fourth-order valence-electron chi connectivity index (χ4n) is 3.70. The van der Waals surface area contributed by atoms with E-state index in [1.165, 1.54) is 0 Å². The van der Waals surface area contributed by atoms with Gasteiger partial charge in [-0.15, -0.1) is 0 Å². The summed E-state index contributed by atoms with van der Waals surface area (Å²) in [4.78, 5) is 18.8. The van der Waals surface area contributed by atoms with Crippen LogP contribution in [-0.4, -0.2) is 42.3 Å². The number of likely N-dealkylation sites (tertiary alicyclic amines) is 1. The highest BCUT2D eigenvalue weighted by atomic mass is 19.4. The Morgan fingerprint density at radius 1 is 1.30 bits per heavy atom. The molecule has 30 heavy (non-hydrogen) atoms. The molecule has 1 saturated heterocycles. The SMILES string of the molecule is Cc1nonc1CC(=O)N1CCC[C@H]1c1cc2nc(C(C)C)cc(C(F)(F)F)n2n1. The fourth-order valence-corrected chi connectivity index (χ4v) is 3.70. The van der Waals surface area contributed by atoms with Crippen LogP contribution in [-0.2, 0) is 17.4 Å². The first-order chi connectivity index (χ1) is 14.1. The number of hydrogen-bond donors (Lipinski definition) is 0. The molecule has 3 aromatic rings. The average molecular weight is 422 g/mol. The molecule has 1 aliphatic rings. The van der Waals surface area contributed by atoms with E-state index in [2.05, 4.69) is 25.0 Å². The Balaban J connectivity index is 1.69. The monoisotopic (exact) mass is 422 g/mol. The lowest BCUT2D eigenvalue weighted by atomic mass is 10.1. The molecule has 0 saturated carbocycles. The molecular formula is C19H21F3N6O2. The molecule has 1 fully saturated rings. The van der Waals surface area contributed by atoms with E-state index in [-0.39, 0.29) is 23.9 Å². The van der Waals surface area contributed by atoms with Crippen molar-refractivity contribution in [1.29, 1.82) is 0 Å². The highest BCUT2D eigenvalue weighted by Crippen LogP contribution is 2.35. The van der Waals surface area contributed by atoms with Gasteiger partial charge in [0.25, 0.3) is 0 Å². The number of nitrogens with zero attached hydrogens (tertiary/aromatic N) is 6. The highest BCUT2D eigenvalue weighted by Gasteiger charge is 2.37. The van der Waals surface area contributed by atoms with E-state index in [0.717, 1.165) is 17.0 Å². The summed E-state index contributed by atoms with van der Waals surface area (Å²) in [5, 5.41) is 11.6. The Labute approximate surface area is 170 Å². The maximum Gasteiger partial charge on any atom is 0.433 e. The second-order valence-electron chi connectivity index (χ2n) is 7.78. The predicted octanol–water partition coefficient (Wildman–Crippen LogP) is 3.47. The summed E-state index contributed by atoms with van der Waals surface area (Å²) in [5.74, 6) is -0.362. The molecule has 1 aliphatic heterocycles. The normalized spacial score (nSPS) is 17.4. The zero-order valence-corrected chi connectivity index (χ0v) is 16.8. The zero-order valence-electron chi connectivity index (χ0n) is 16.8. The minimum absolute atomic E-state index is 0.0166. The maximum atomic E-state index is 13.6. The van der Waals surface area contributed by atoms with Gasteiger partial charge in [-0.25, -0.2) is 14.1 Å². The van der Waals surface area contributed by atoms with E-state index in [1.54, 1.807) is 31.7 Å². The van der Waals surface area contributed by atoms with Gasteiger partial charge in [0.15, 0.2) is 5.65 Å². The summed E-state index contributed by atoms with van der Waals surface area (Å²) in [5.41, 5.74) is 0.974. The predicted molar refractivity (Wildman–Crippen MR) is 98.5 cm³/mol. The Morgan fingerprint density at radius 3 is 2.70 bits per heavy atom. The van der Waals surface area contributed by atoms with Crippen molar-refractivity contribution < 1.29 is 22.6 Å². The van der Waals surface area contributed by atoms with Crippen LogP contribution < -0.4 is 0 Å². The number of hydrogen-bond acceptors (Lipinski definition) is 6. The van der Waals surface area contributed by atoms with Crippen LogP contribution in [0.15, 0.2) is 16.8 Å². The van der Waals surface area contributed by atoms with E-state index < -0.39 is 17.9 Å². The smallest absolute Gasteiger partial charge is 0.334 e. The van der Waals surface area contributed by atoms with Gasteiger partial charge < -0.3 is 4.90 Å². The largest absolute Gasteiger partial charge is 0.433 e. The second-order valence-corrected chi connectivity index (χ2v) is 7.78. The van der Waals surface area contributed by atoms with Crippen LogP contribution in [0.2, 0.25) is 0 Å². The van der Waals surface area contributed by atoms with Crippen LogP contribution in [0.5, 0.6) is 0 Å². The molecule has 0 spiro atoms. The van der Waals surface area contributed by atoms with Crippen molar-refractivity contribution in [2.75, 3.05) is 6.54 Å². The fraction of sp³-hybridized carbons (Fsp3) is 0.526. The number of alkyl halides is 3. The summed E-state index contributed by atoms with van der Waals surface area (Å²) in [6.45, 7) is 5.76. The highest BCUT2D eigenvalue weighted by molar-refractivity contribution is 5.79. The maximum absolute atomic E-state index is 13.6. The molecule has 1 atom stereocenters. The van der Waals surface area contributed by atoms with Crippen LogP contribution >= 0.6 is 0 Å². The molecule has 0 unspecified atom stereocenters. The van der Waals surface area contributed by atoms with Gasteiger partial charge in [-0.1, -0.05) is 24.2 Å². The van der Waals surface area contributed by atoms with Crippen LogP contribution in [0, 0.1) is 6.92 Å². The summed E-state index contributed by atoms with van der Waals surface area (Å²) >= 11 is 0. The summed E-state index contributed by atoms with van der Waals surface area (Å²) < 4.78 is 46.3. The third-order valence-electron chi connectivity index (χ3n) is 5.33. The van der Waals surface area contributed by atoms with E-state index in [0.29, 0.717) is 35.7 Å². The van der Waals surface area contributed by atoms with Gasteiger partial charge in [0, 0.05) is 18.3 Å². The Hall–Kier alpha value is -2.98. The van der Waals surface area contributed by atoms with Crippen molar-refractivity contribution in [2.24, 2.45) is 0 Å². The lowest BCUT2D eigenvalue weighted by molar-refractivity contribution is -0.142. The molecule has 0 bridgehead atoms. The van der Waals surface area contributed by atoms with Gasteiger partial charge in [0.2, 0.25) is 5.91 Å². The standard InChI is InChI=1S/C19H21F3N6O2/c1-10(2)12-7-16(19(20,21)22)28-17(23-12)8-14(24-28)15-5-4-6-27(15)18(29)9-13-11(3)25-30-26-13/h7-8,10,15H,4-6,9H2,1-3H3/t15-/m0/s1. The number of carbonyl (C=O) groups excluding carboxylic acids is 1. The van der Waals surface area contributed by atoms with Gasteiger partial charge in [0.05, 0.1) is 18.2 Å². The van der Waals surface area contributed by atoms with Crippen molar-refractivity contribution in [1.82, 2.24) is 29.8 Å². The molecule has 3 aromatic heterocycles. The number of rotatable bonds is 4. The quantitative estimate of drug-likeness (QED) is 0.640. The van der Waals surface area contributed by atoms with Crippen molar-refractivity contribution in [2.45, 2.75) is 58.2 Å². The molecule has 0 N–H and O–H groups in total. The van der Waals surface area contributed by atoms with Crippen molar-refractivity contribution in [3.8, 4) is 0 Å². The Bertz CT molecular complexity index is 1090. The van der Waals surface area contributed by atoms with Crippen LogP contribution in [0.3, 0.4) is 0 Å². The molecule has 160 valence electrons. The van der Waals surface area contributed by atoms with Crippen molar-refractivity contribution in [3.05, 3.63) is 40.6 Å². The molecule has 11 heteroatoms. The second kappa shape index (κ2) is 7.37.